The molecule has 0 aromatic carbocycles. The van der Waals surface area contributed by atoms with E-state index in [9.17, 15) is 9.59 Å². The van der Waals surface area contributed by atoms with Crippen molar-refractivity contribution in [2.75, 3.05) is 51.0 Å². The molecule has 154 valence electrons. The van der Waals surface area contributed by atoms with Crippen LogP contribution < -0.4 is 10.6 Å². The van der Waals surface area contributed by atoms with E-state index in [2.05, 4.69) is 31.4 Å². The van der Waals surface area contributed by atoms with Crippen LogP contribution in [0.5, 0.6) is 0 Å². The van der Waals surface area contributed by atoms with E-state index < -0.39 is 0 Å². The van der Waals surface area contributed by atoms with Crippen molar-refractivity contribution in [2.24, 2.45) is 10.8 Å². The van der Waals surface area contributed by atoms with Crippen LogP contribution in [0.15, 0.2) is 0 Å². The van der Waals surface area contributed by atoms with Crippen molar-refractivity contribution < 1.29 is 19.1 Å². The van der Waals surface area contributed by atoms with E-state index in [1.165, 1.54) is 0 Å². The van der Waals surface area contributed by atoms with Crippen molar-refractivity contribution in [3.8, 4) is 0 Å². The fourth-order valence-electron chi connectivity index (χ4n) is 1.72. The minimum Gasteiger partial charge on any atom is -0.377 e. The van der Waals surface area contributed by atoms with E-state index in [1.807, 2.05) is 32.5 Å². The van der Waals surface area contributed by atoms with Crippen LogP contribution in [0.4, 0.5) is 0 Å². The molecule has 0 aliphatic heterocycles. The van der Waals surface area contributed by atoms with Crippen LogP contribution in [0.25, 0.3) is 0 Å². The van der Waals surface area contributed by atoms with Gasteiger partial charge in [-0.15, -0.1) is 0 Å². The summed E-state index contributed by atoms with van der Waals surface area (Å²) in [6, 6.07) is 0. The van der Waals surface area contributed by atoms with Crippen LogP contribution in [-0.4, -0.2) is 62.8 Å². The zero-order chi connectivity index (χ0) is 20.1. The van der Waals surface area contributed by atoms with Crippen molar-refractivity contribution in [3.63, 3.8) is 0 Å². The Morgan fingerprint density at radius 3 is 1.88 bits per heavy atom. The molecule has 0 saturated carbocycles. The zero-order valence-electron chi connectivity index (χ0n) is 17.4. The van der Waals surface area contributed by atoms with Gasteiger partial charge < -0.3 is 20.1 Å². The largest absolute Gasteiger partial charge is 0.377 e. The number of hydrogen-bond acceptors (Lipinski definition) is 5. The third kappa shape index (κ3) is 16.7. The molecule has 0 radical (unpaired) electrons. The maximum Gasteiger partial charge on any atom is 0.225 e. The second-order valence-corrected chi connectivity index (χ2v) is 9.55. The summed E-state index contributed by atoms with van der Waals surface area (Å²) in [6.45, 7) is 15.1. The number of carbonyl (C=O) groups is 2. The van der Waals surface area contributed by atoms with E-state index in [0.717, 1.165) is 11.5 Å². The van der Waals surface area contributed by atoms with E-state index in [1.54, 1.807) is 0 Å². The molecule has 2 amide bonds. The minimum atomic E-state index is -0.376. The van der Waals surface area contributed by atoms with Crippen LogP contribution >= 0.6 is 11.8 Å². The summed E-state index contributed by atoms with van der Waals surface area (Å²) in [4.78, 5) is 23.3. The molecule has 0 rings (SSSR count). The van der Waals surface area contributed by atoms with Crippen LogP contribution in [0.2, 0.25) is 0 Å². The average Bonchev–Trinajstić information content (AvgIpc) is 2.51. The van der Waals surface area contributed by atoms with Gasteiger partial charge in [0.25, 0.3) is 0 Å². The third-order valence-electron chi connectivity index (χ3n) is 3.16. The lowest BCUT2D eigenvalue weighted by Crippen LogP contribution is -2.36. The molecule has 0 aliphatic carbocycles. The molecule has 26 heavy (non-hydrogen) atoms. The van der Waals surface area contributed by atoms with Crippen molar-refractivity contribution >= 4 is 23.6 Å². The first-order chi connectivity index (χ1) is 12.0. The highest BCUT2D eigenvalue weighted by Gasteiger charge is 2.20. The van der Waals surface area contributed by atoms with Crippen LogP contribution in [0.3, 0.4) is 0 Å². The molecule has 0 spiro atoms. The van der Waals surface area contributed by atoms with Gasteiger partial charge in [-0.3, -0.25) is 9.59 Å². The highest BCUT2D eigenvalue weighted by Crippen LogP contribution is 2.20. The molecule has 0 heterocycles. The maximum absolute atomic E-state index is 11.7. The number of ether oxygens (including phenoxy) is 2. The number of thioether (sulfide) groups is 1. The van der Waals surface area contributed by atoms with Gasteiger partial charge in [0.1, 0.15) is 0 Å². The summed E-state index contributed by atoms with van der Waals surface area (Å²) in [7, 11) is 0. The lowest BCUT2D eigenvalue weighted by molar-refractivity contribution is -0.128. The second kappa shape index (κ2) is 13.4. The van der Waals surface area contributed by atoms with Crippen LogP contribution in [0, 0.1) is 10.8 Å². The molecule has 0 aliphatic rings. The smallest absolute Gasteiger partial charge is 0.225 e. The summed E-state index contributed by atoms with van der Waals surface area (Å²) in [5, 5.41) is 5.67. The lowest BCUT2D eigenvalue weighted by atomic mass is 9.96. The highest BCUT2D eigenvalue weighted by molar-refractivity contribution is 7.99. The van der Waals surface area contributed by atoms with E-state index in [0.29, 0.717) is 51.4 Å². The van der Waals surface area contributed by atoms with Gasteiger partial charge in [-0.1, -0.05) is 41.5 Å². The van der Waals surface area contributed by atoms with E-state index in [-0.39, 0.29) is 17.2 Å². The molecule has 6 nitrogen and oxygen atoms in total. The van der Waals surface area contributed by atoms with Crippen molar-refractivity contribution in [1.82, 2.24) is 10.6 Å². The molecular formula is C19H38N2O4S. The predicted molar refractivity (Wildman–Crippen MR) is 109 cm³/mol. The normalized spacial score (nSPS) is 12.1. The topological polar surface area (TPSA) is 76.7 Å². The predicted octanol–water partition coefficient (Wildman–Crippen LogP) is 2.47. The molecule has 2 N–H and O–H groups in total. The summed E-state index contributed by atoms with van der Waals surface area (Å²) in [5.41, 5.74) is -0.0753. The van der Waals surface area contributed by atoms with Gasteiger partial charge >= 0.3 is 0 Å². The Bertz CT molecular complexity index is 403. The Morgan fingerprint density at radius 1 is 0.846 bits per heavy atom. The van der Waals surface area contributed by atoms with Crippen molar-refractivity contribution in [2.45, 2.75) is 48.0 Å². The fraction of sp³-hybridized carbons (Fsp3) is 0.895. The summed E-state index contributed by atoms with van der Waals surface area (Å²) < 4.78 is 10.8. The second-order valence-electron chi connectivity index (χ2n) is 8.44. The molecule has 7 heteroatoms. The molecule has 0 unspecified atom stereocenters. The minimum absolute atomic E-state index is 0.0184. The fourth-order valence-corrected chi connectivity index (χ4v) is 2.80. The lowest BCUT2D eigenvalue weighted by Gasteiger charge is -2.17. The Morgan fingerprint density at radius 2 is 1.38 bits per heavy atom. The SMILES string of the molecule is CC(C)(C)CSCCC(=O)NCCOCCOCCNC(=O)C(C)(C)C. The maximum atomic E-state index is 11.7. The van der Waals surface area contributed by atoms with Gasteiger partial charge in [0.2, 0.25) is 11.8 Å². The number of amides is 2. The van der Waals surface area contributed by atoms with Gasteiger partial charge in [0.15, 0.2) is 0 Å². The number of carbonyl (C=O) groups excluding carboxylic acids is 2. The Kier molecular flexibility index (Phi) is 13.0. The van der Waals surface area contributed by atoms with Gasteiger partial charge in [-0.25, -0.2) is 0 Å². The molecule has 0 fully saturated rings. The Hall–Kier alpha value is -0.790. The van der Waals surface area contributed by atoms with E-state index >= 15 is 0 Å². The Labute approximate surface area is 163 Å². The Balaban J connectivity index is 3.35. The molecule has 0 atom stereocenters. The number of rotatable bonds is 13. The summed E-state index contributed by atoms with van der Waals surface area (Å²) in [5.74, 6) is 2.00. The van der Waals surface area contributed by atoms with Crippen LogP contribution in [-0.2, 0) is 19.1 Å². The monoisotopic (exact) mass is 390 g/mol. The zero-order valence-corrected chi connectivity index (χ0v) is 18.2. The average molecular weight is 391 g/mol. The van der Waals surface area contributed by atoms with Gasteiger partial charge in [-0.2, -0.15) is 11.8 Å². The summed E-state index contributed by atoms with van der Waals surface area (Å²) in [6.07, 6.45) is 0.546. The van der Waals surface area contributed by atoms with Gasteiger partial charge in [-0.05, 0) is 11.2 Å². The standard InChI is InChI=1S/C19H38N2O4S/c1-18(2,3)15-26-14-7-16(22)20-8-10-24-12-13-25-11-9-21-17(23)19(4,5)6/h7-15H2,1-6H3,(H,20,22)(H,21,23). The highest BCUT2D eigenvalue weighted by atomic mass is 32.2. The molecule has 0 saturated heterocycles. The first kappa shape index (κ1) is 25.2. The van der Waals surface area contributed by atoms with Crippen LogP contribution in [0.1, 0.15) is 48.0 Å². The number of hydrogen-bond donors (Lipinski definition) is 2. The van der Waals surface area contributed by atoms with Crippen molar-refractivity contribution in [1.29, 1.82) is 0 Å². The van der Waals surface area contributed by atoms with Gasteiger partial charge in [0, 0.05) is 30.7 Å². The molecular weight excluding hydrogens is 352 g/mol. The summed E-state index contributed by atoms with van der Waals surface area (Å²) >= 11 is 1.81. The quantitative estimate of drug-likeness (QED) is 0.473. The van der Waals surface area contributed by atoms with Crippen molar-refractivity contribution in [3.05, 3.63) is 0 Å². The first-order valence-corrected chi connectivity index (χ1v) is 10.5. The molecule has 0 aromatic heterocycles. The third-order valence-corrected chi connectivity index (χ3v) is 4.73. The first-order valence-electron chi connectivity index (χ1n) is 9.30. The molecule has 0 aromatic rings. The molecule has 0 bridgehead atoms. The van der Waals surface area contributed by atoms with E-state index in [4.69, 9.17) is 9.47 Å². The van der Waals surface area contributed by atoms with Gasteiger partial charge in [0.05, 0.1) is 26.4 Å². The number of nitrogens with one attached hydrogen (secondary N) is 2.